The molecule has 0 aliphatic heterocycles. The number of fused-ring (bicyclic) bond motifs is 1. The van der Waals surface area contributed by atoms with Gasteiger partial charge in [0.2, 0.25) is 0 Å². The standard InChI is InChI=1S/C15H26O3/c1-10-5-6-13(14(2,3)16)12-9-15(4,18-17)8-7-11(10)12/h9-11,13,16-17H,5-8H2,1-4H3/t10-,11+,13-,15-/m1/s1. The molecule has 0 bridgehead atoms. The van der Waals surface area contributed by atoms with Gasteiger partial charge in [0.25, 0.3) is 0 Å². The fourth-order valence-corrected chi connectivity index (χ4v) is 3.74. The fourth-order valence-electron chi connectivity index (χ4n) is 3.74. The smallest absolute Gasteiger partial charge is 0.119 e. The highest BCUT2D eigenvalue weighted by Crippen LogP contribution is 2.49. The van der Waals surface area contributed by atoms with Crippen molar-refractivity contribution in [3.8, 4) is 0 Å². The molecule has 0 radical (unpaired) electrons. The van der Waals surface area contributed by atoms with Crippen molar-refractivity contribution in [1.82, 2.24) is 0 Å². The van der Waals surface area contributed by atoms with Gasteiger partial charge in [-0.3, -0.25) is 5.26 Å². The monoisotopic (exact) mass is 254 g/mol. The van der Waals surface area contributed by atoms with Gasteiger partial charge >= 0.3 is 0 Å². The molecule has 0 saturated heterocycles. The SMILES string of the molecule is C[C@@H]1CC[C@@H](C(C)(C)O)C2=C[C@](C)(OO)CC[C@H]21. The zero-order valence-corrected chi connectivity index (χ0v) is 11.9. The minimum Gasteiger partial charge on any atom is -0.390 e. The topological polar surface area (TPSA) is 49.7 Å². The van der Waals surface area contributed by atoms with Crippen LogP contribution in [0.25, 0.3) is 0 Å². The van der Waals surface area contributed by atoms with Crippen LogP contribution in [0.3, 0.4) is 0 Å². The van der Waals surface area contributed by atoms with Crippen molar-refractivity contribution in [2.24, 2.45) is 17.8 Å². The van der Waals surface area contributed by atoms with E-state index in [0.717, 1.165) is 19.3 Å². The van der Waals surface area contributed by atoms with Crippen LogP contribution >= 0.6 is 0 Å². The average Bonchev–Trinajstić information content (AvgIpc) is 2.27. The summed E-state index contributed by atoms with van der Waals surface area (Å²) < 4.78 is 0. The number of rotatable bonds is 2. The Morgan fingerprint density at radius 2 is 2.00 bits per heavy atom. The van der Waals surface area contributed by atoms with Gasteiger partial charge in [-0.25, -0.2) is 4.89 Å². The highest BCUT2D eigenvalue weighted by Gasteiger charge is 2.44. The summed E-state index contributed by atoms with van der Waals surface area (Å²) in [6.45, 7) is 7.98. The molecule has 0 amide bonds. The molecule has 3 heteroatoms. The molecular formula is C15H26O3. The molecule has 18 heavy (non-hydrogen) atoms. The van der Waals surface area contributed by atoms with Crippen LogP contribution in [-0.2, 0) is 4.89 Å². The Labute approximate surface area is 110 Å². The lowest BCUT2D eigenvalue weighted by Gasteiger charge is -2.46. The van der Waals surface area contributed by atoms with Gasteiger partial charge in [-0.2, -0.15) is 0 Å². The lowest BCUT2D eigenvalue weighted by Crippen LogP contribution is -2.43. The van der Waals surface area contributed by atoms with E-state index in [9.17, 15) is 5.11 Å². The van der Waals surface area contributed by atoms with Gasteiger partial charge in [-0.05, 0) is 58.3 Å². The summed E-state index contributed by atoms with van der Waals surface area (Å²) in [6.07, 6.45) is 6.15. The van der Waals surface area contributed by atoms with Crippen LogP contribution in [0.2, 0.25) is 0 Å². The zero-order chi connectivity index (χ0) is 13.6. The van der Waals surface area contributed by atoms with Crippen LogP contribution in [0.4, 0.5) is 0 Å². The minimum atomic E-state index is -0.696. The molecule has 3 nitrogen and oxygen atoms in total. The van der Waals surface area contributed by atoms with Gasteiger partial charge in [0.1, 0.15) is 5.60 Å². The van der Waals surface area contributed by atoms with E-state index in [1.54, 1.807) is 0 Å². The molecule has 0 aromatic heterocycles. The van der Waals surface area contributed by atoms with Crippen molar-refractivity contribution in [1.29, 1.82) is 0 Å². The largest absolute Gasteiger partial charge is 0.390 e. The minimum absolute atomic E-state index is 0.188. The predicted molar refractivity (Wildman–Crippen MR) is 71.1 cm³/mol. The van der Waals surface area contributed by atoms with E-state index in [-0.39, 0.29) is 5.92 Å². The molecule has 2 N–H and O–H groups in total. The highest BCUT2D eigenvalue weighted by molar-refractivity contribution is 5.25. The van der Waals surface area contributed by atoms with Crippen molar-refractivity contribution >= 4 is 0 Å². The molecule has 104 valence electrons. The summed E-state index contributed by atoms with van der Waals surface area (Å²) >= 11 is 0. The van der Waals surface area contributed by atoms with Crippen molar-refractivity contribution in [3.05, 3.63) is 11.6 Å². The Balaban J connectivity index is 2.36. The third-order valence-electron chi connectivity index (χ3n) is 4.91. The third-order valence-corrected chi connectivity index (χ3v) is 4.91. The maximum absolute atomic E-state index is 10.4. The Morgan fingerprint density at radius 3 is 2.56 bits per heavy atom. The van der Waals surface area contributed by atoms with E-state index in [0.29, 0.717) is 11.8 Å². The van der Waals surface area contributed by atoms with Gasteiger partial charge in [0, 0.05) is 5.92 Å². The molecule has 1 fully saturated rings. The molecule has 0 heterocycles. The normalized spacial score (nSPS) is 41.2. The molecule has 1 saturated carbocycles. The maximum Gasteiger partial charge on any atom is 0.119 e. The van der Waals surface area contributed by atoms with E-state index in [1.807, 2.05) is 20.8 Å². The Kier molecular flexibility index (Phi) is 3.60. The third kappa shape index (κ3) is 2.49. The van der Waals surface area contributed by atoms with E-state index >= 15 is 0 Å². The van der Waals surface area contributed by atoms with Crippen LogP contribution in [0, 0.1) is 17.8 Å². The highest BCUT2D eigenvalue weighted by atomic mass is 17.1. The first-order valence-corrected chi connectivity index (χ1v) is 7.04. The van der Waals surface area contributed by atoms with Gasteiger partial charge in [0.05, 0.1) is 5.60 Å². The molecule has 2 aliphatic rings. The summed E-state index contributed by atoms with van der Waals surface area (Å²) in [7, 11) is 0. The van der Waals surface area contributed by atoms with Crippen molar-refractivity contribution in [3.63, 3.8) is 0 Å². The van der Waals surface area contributed by atoms with Gasteiger partial charge in [-0.15, -0.1) is 0 Å². The van der Waals surface area contributed by atoms with Gasteiger partial charge in [0.15, 0.2) is 0 Å². The molecule has 4 atom stereocenters. The summed E-state index contributed by atoms with van der Waals surface area (Å²) in [5.74, 6) is 1.39. The number of hydrogen-bond acceptors (Lipinski definition) is 3. The van der Waals surface area contributed by atoms with E-state index in [2.05, 4.69) is 17.9 Å². The fraction of sp³-hybridized carbons (Fsp3) is 0.867. The lowest BCUT2D eigenvalue weighted by atomic mass is 9.61. The Morgan fingerprint density at radius 1 is 1.33 bits per heavy atom. The molecule has 0 spiro atoms. The summed E-state index contributed by atoms with van der Waals surface area (Å²) in [6, 6.07) is 0. The maximum atomic E-state index is 10.4. The Hall–Kier alpha value is -0.380. The second kappa shape index (κ2) is 4.62. The van der Waals surface area contributed by atoms with Crippen LogP contribution in [0.5, 0.6) is 0 Å². The van der Waals surface area contributed by atoms with E-state index < -0.39 is 11.2 Å². The molecule has 0 aromatic carbocycles. The van der Waals surface area contributed by atoms with Gasteiger partial charge < -0.3 is 5.11 Å². The van der Waals surface area contributed by atoms with E-state index in [1.165, 1.54) is 12.0 Å². The summed E-state index contributed by atoms with van der Waals surface area (Å²) in [4.78, 5) is 4.67. The lowest BCUT2D eigenvalue weighted by molar-refractivity contribution is -0.306. The zero-order valence-electron chi connectivity index (χ0n) is 11.9. The second-order valence-electron chi connectivity index (χ2n) is 6.95. The van der Waals surface area contributed by atoms with Crippen LogP contribution in [0.15, 0.2) is 11.6 Å². The molecule has 0 unspecified atom stereocenters. The van der Waals surface area contributed by atoms with Crippen LogP contribution < -0.4 is 0 Å². The van der Waals surface area contributed by atoms with Crippen LogP contribution in [0.1, 0.15) is 53.4 Å². The van der Waals surface area contributed by atoms with Crippen molar-refractivity contribution in [2.75, 3.05) is 0 Å². The second-order valence-corrected chi connectivity index (χ2v) is 6.95. The molecule has 2 rings (SSSR count). The summed E-state index contributed by atoms with van der Waals surface area (Å²) in [5, 5.41) is 19.5. The van der Waals surface area contributed by atoms with Crippen molar-refractivity contribution < 1.29 is 15.3 Å². The van der Waals surface area contributed by atoms with E-state index in [4.69, 9.17) is 5.26 Å². The predicted octanol–water partition coefficient (Wildman–Crippen LogP) is 3.39. The number of hydrogen-bond donors (Lipinski definition) is 2. The Bertz CT molecular complexity index is 342. The first-order valence-electron chi connectivity index (χ1n) is 7.04. The quantitative estimate of drug-likeness (QED) is 0.451. The molecular weight excluding hydrogens is 228 g/mol. The average molecular weight is 254 g/mol. The first kappa shape index (κ1) is 14.0. The molecule has 0 aromatic rings. The van der Waals surface area contributed by atoms with Crippen molar-refractivity contribution in [2.45, 2.75) is 64.6 Å². The summed E-state index contributed by atoms with van der Waals surface area (Å²) in [5.41, 5.74) is 0.0219. The van der Waals surface area contributed by atoms with Crippen LogP contribution in [-0.4, -0.2) is 21.6 Å². The van der Waals surface area contributed by atoms with Gasteiger partial charge in [-0.1, -0.05) is 18.6 Å². The number of aliphatic hydroxyl groups is 1. The molecule has 2 aliphatic carbocycles. The first-order chi connectivity index (χ1) is 8.27.